The fraction of sp³-hybridized carbons (Fsp3) is 0.429. The highest BCUT2D eigenvalue weighted by atomic mass is 16.5. The Kier molecular flexibility index (Phi) is 0.542. The summed E-state index contributed by atoms with van der Waals surface area (Å²) >= 11 is 0. The number of ether oxygens (including phenoxy) is 1. The smallest absolute Gasteiger partial charge is 0.136 e. The molecule has 1 saturated heterocycles. The van der Waals surface area contributed by atoms with Crippen molar-refractivity contribution in [1.29, 1.82) is 0 Å². The topological polar surface area (TPSA) is 61.0 Å². The lowest BCUT2D eigenvalue weighted by molar-refractivity contribution is 0.00486. The largest absolute Gasteiger partial charge is 0.396 e. The molecule has 0 saturated carbocycles. The number of nitrogen functional groups attached to an aromatic ring is 1. The van der Waals surface area contributed by atoms with Crippen LogP contribution in [0.4, 0.5) is 5.69 Å². The van der Waals surface area contributed by atoms with Gasteiger partial charge in [-0.15, -0.1) is 0 Å². The molecule has 1 aromatic rings. The summed E-state index contributed by atoms with van der Waals surface area (Å²) in [6.45, 7) is -5.29. The highest BCUT2D eigenvalue weighted by Crippen LogP contribution is 2.19. The third-order valence-electron chi connectivity index (χ3n) is 1.09. The number of rotatable bonds is 1. The van der Waals surface area contributed by atoms with Crippen molar-refractivity contribution >= 4 is 5.69 Å². The van der Waals surface area contributed by atoms with Crippen LogP contribution in [0.15, 0.2) is 12.3 Å². The Morgan fingerprint density at radius 3 is 2.91 bits per heavy atom. The molecule has 0 amide bonds. The quantitative estimate of drug-likeness (QED) is 0.633. The summed E-state index contributed by atoms with van der Waals surface area (Å²) in [5.74, 6) is -3.17. The van der Waals surface area contributed by atoms with E-state index < -0.39 is 37.2 Å². The van der Waals surface area contributed by atoms with E-state index in [1.807, 2.05) is 0 Å². The second-order valence-corrected chi connectivity index (χ2v) is 1.87. The van der Waals surface area contributed by atoms with Crippen LogP contribution in [0.3, 0.4) is 0 Å². The molecule has 0 atom stereocenters. The highest BCUT2D eigenvalue weighted by molar-refractivity contribution is 5.30. The molecule has 2 heterocycles. The zero-order valence-electron chi connectivity index (χ0n) is 12.4. The number of hydrogen-bond donors (Lipinski definition) is 1. The van der Waals surface area contributed by atoms with Gasteiger partial charge in [0.1, 0.15) is 5.82 Å². The van der Waals surface area contributed by atoms with Gasteiger partial charge >= 0.3 is 0 Å². The van der Waals surface area contributed by atoms with Gasteiger partial charge in [-0.2, -0.15) is 0 Å². The van der Waals surface area contributed by atoms with Gasteiger partial charge in [0.15, 0.2) is 0 Å². The first kappa shape index (κ1) is 2.42. The van der Waals surface area contributed by atoms with Gasteiger partial charge in [-0.3, -0.25) is 0 Å². The predicted octanol–water partition coefficient (Wildman–Crippen LogP) is 0.173. The maximum atomic E-state index is 7.86. The monoisotopic (exact) mass is 158 g/mol. The molecule has 4 nitrogen and oxygen atoms in total. The molecule has 0 aromatic carbocycles. The minimum Gasteiger partial charge on any atom is -0.396 e. The molecule has 2 rings (SSSR count). The zero-order chi connectivity index (χ0) is 13.9. The summed E-state index contributed by atoms with van der Waals surface area (Å²) in [5.41, 5.74) is 4.99. The first-order chi connectivity index (χ1) is 8.03. The van der Waals surface area contributed by atoms with Crippen LogP contribution >= 0.6 is 0 Å². The summed E-state index contributed by atoms with van der Waals surface area (Å²) in [5, 5.41) is 0. The minimum atomic E-state index is -2.65. The Balaban J connectivity index is 2.61. The average Bonchev–Trinajstić information content (AvgIpc) is 2.22. The maximum absolute atomic E-state index is 7.86. The SMILES string of the molecule is [2H]c1nc(C2([2H])C([2H])([2H])OC2([2H])[2H])nc([2H])c1N. The lowest BCUT2D eigenvalue weighted by Crippen LogP contribution is -2.26. The summed E-state index contributed by atoms with van der Waals surface area (Å²) in [6.07, 6.45) is -1.09. The average molecular weight is 158 g/mol. The van der Waals surface area contributed by atoms with Gasteiger partial charge in [0.05, 0.1) is 45.3 Å². The van der Waals surface area contributed by atoms with Crippen molar-refractivity contribution in [2.75, 3.05) is 18.9 Å². The van der Waals surface area contributed by atoms with Gasteiger partial charge in [0.2, 0.25) is 0 Å². The maximum Gasteiger partial charge on any atom is 0.136 e. The van der Waals surface area contributed by atoms with E-state index in [2.05, 4.69) is 14.7 Å². The summed E-state index contributed by atoms with van der Waals surface area (Å²) < 4.78 is 56.5. The first-order valence-electron chi connectivity index (χ1n) is 6.34. The molecular weight excluding hydrogens is 142 g/mol. The van der Waals surface area contributed by atoms with Crippen molar-refractivity contribution in [3.05, 3.63) is 18.2 Å². The predicted molar refractivity (Wildman–Crippen MR) is 40.0 cm³/mol. The molecule has 0 aliphatic carbocycles. The third kappa shape index (κ3) is 1.17. The summed E-state index contributed by atoms with van der Waals surface area (Å²) in [7, 11) is 0. The summed E-state index contributed by atoms with van der Waals surface area (Å²) in [6, 6.07) is 0. The second-order valence-electron chi connectivity index (χ2n) is 1.87. The van der Waals surface area contributed by atoms with Crippen LogP contribution in [-0.2, 0) is 4.74 Å². The molecule has 0 unspecified atom stereocenters. The van der Waals surface area contributed by atoms with Crippen molar-refractivity contribution in [1.82, 2.24) is 9.97 Å². The van der Waals surface area contributed by atoms with Crippen molar-refractivity contribution in [2.45, 2.75) is 5.89 Å². The van der Waals surface area contributed by atoms with E-state index >= 15 is 0 Å². The van der Waals surface area contributed by atoms with Crippen LogP contribution < -0.4 is 5.73 Å². The fourth-order valence-electron chi connectivity index (χ4n) is 0.582. The van der Waals surface area contributed by atoms with Gasteiger partial charge < -0.3 is 10.5 Å². The Labute approximate surface area is 74.2 Å². The normalized spacial score (nSPS) is 39.1. The first-order valence-corrected chi connectivity index (χ1v) is 2.84. The van der Waals surface area contributed by atoms with E-state index in [9.17, 15) is 0 Å². The van der Waals surface area contributed by atoms with Crippen LogP contribution in [0.1, 0.15) is 21.3 Å². The van der Waals surface area contributed by atoms with E-state index in [-0.39, 0.29) is 5.69 Å². The fourth-order valence-corrected chi connectivity index (χ4v) is 0.582. The Morgan fingerprint density at radius 2 is 2.36 bits per heavy atom. The molecule has 0 bridgehead atoms. The lowest BCUT2D eigenvalue weighted by atomic mass is 10.1. The summed E-state index contributed by atoms with van der Waals surface area (Å²) in [4.78, 5) is 6.96. The Morgan fingerprint density at radius 1 is 1.73 bits per heavy atom. The molecular formula is C7H9N3O. The number of hydrogen-bond acceptors (Lipinski definition) is 4. The van der Waals surface area contributed by atoms with Crippen LogP contribution in [-0.4, -0.2) is 23.1 Å². The van der Waals surface area contributed by atoms with E-state index in [1.54, 1.807) is 0 Å². The number of nitrogens with zero attached hydrogens (tertiary/aromatic N) is 2. The van der Waals surface area contributed by atoms with Crippen LogP contribution in [0, 0.1) is 0 Å². The molecule has 1 aromatic heterocycles. The van der Waals surface area contributed by atoms with Gasteiger partial charge in [0, 0.05) is 1.37 Å². The van der Waals surface area contributed by atoms with Gasteiger partial charge in [-0.25, -0.2) is 9.97 Å². The van der Waals surface area contributed by atoms with Crippen LogP contribution in [0.2, 0.25) is 0 Å². The van der Waals surface area contributed by atoms with E-state index in [0.29, 0.717) is 0 Å². The van der Waals surface area contributed by atoms with Gasteiger partial charge in [0.25, 0.3) is 0 Å². The van der Waals surface area contributed by atoms with E-state index in [0.717, 1.165) is 0 Å². The second kappa shape index (κ2) is 2.47. The molecule has 1 aliphatic heterocycles. The minimum absolute atomic E-state index is 0.316. The van der Waals surface area contributed by atoms with E-state index in [1.165, 1.54) is 0 Å². The number of nitrogens with two attached hydrogens (primary N) is 1. The number of aromatic nitrogens is 2. The third-order valence-corrected chi connectivity index (χ3v) is 1.09. The van der Waals surface area contributed by atoms with Crippen molar-refractivity contribution in [3.63, 3.8) is 0 Å². The van der Waals surface area contributed by atoms with Gasteiger partial charge in [-0.1, -0.05) is 0 Å². The van der Waals surface area contributed by atoms with Crippen LogP contribution in [0.25, 0.3) is 0 Å². The molecule has 11 heavy (non-hydrogen) atoms. The molecule has 4 heteroatoms. The molecule has 1 aliphatic rings. The zero-order valence-corrected chi connectivity index (χ0v) is 5.38. The molecule has 0 radical (unpaired) electrons. The van der Waals surface area contributed by atoms with E-state index in [4.69, 9.17) is 15.3 Å². The Hall–Kier alpha value is -1.16. The highest BCUT2D eigenvalue weighted by Gasteiger charge is 2.22. The van der Waals surface area contributed by atoms with Crippen molar-refractivity contribution in [2.24, 2.45) is 0 Å². The Bertz CT molecular complexity index is 483. The van der Waals surface area contributed by atoms with Gasteiger partial charge in [-0.05, 0) is 0 Å². The number of anilines is 1. The molecule has 1 fully saturated rings. The molecule has 2 N–H and O–H groups in total. The van der Waals surface area contributed by atoms with Crippen molar-refractivity contribution < 1.29 is 14.3 Å². The van der Waals surface area contributed by atoms with Crippen LogP contribution in [0.5, 0.6) is 0 Å². The molecule has 0 spiro atoms. The molecule has 58 valence electrons. The standard InChI is InChI=1S/C7H9N3O/c8-6-1-9-7(10-2-6)5-3-11-4-5/h1-2,5H,3-4,8H2/i1D,2D,3D2,4D2,5D. The van der Waals surface area contributed by atoms with Crippen molar-refractivity contribution in [3.8, 4) is 0 Å². The lowest BCUT2D eigenvalue weighted by Gasteiger charge is -2.23.